The van der Waals surface area contributed by atoms with Crippen LogP contribution in [-0.2, 0) is 9.53 Å². The molecule has 0 saturated carbocycles. The minimum Gasteiger partial charge on any atom is -0.479 e. The zero-order chi connectivity index (χ0) is 14.0. The number of hydrogen-bond acceptors (Lipinski definition) is 3. The van der Waals surface area contributed by atoms with E-state index in [0.717, 1.165) is 0 Å². The van der Waals surface area contributed by atoms with Crippen LogP contribution in [0.25, 0.3) is 0 Å². The summed E-state index contributed by atoms with van der Waals surface area (Å²) in [6.45, 7) is 7.16. The van der Waals surface area contributed by atoms with Gasteiger partial charge in [-0.05, 0) is 40.5 Å². The second-order valence-electron chi connectivity index (χ2n) is 5.28. The fraction of sp³-hybridized carbons (Fsp3) is 0.692. The molecule has 1 fully saturated rings. The molecule has 1 N–H and O–H groups in total. The van der Waals surface area contributed by atoms with Crippen molar-refractivity contribution in [3.05, 3.63) is 0 Å². The number of carboxylic acid groups (broad SMARTS) is 1. The summed E-state index contributed by atoms with van der Waals surface area (Å²) in [7, 11) is 0. The van der Waals surface area contributed by atoms with Crippen LogP contribution in [0.3, 0.4) is 0 Å². The molecular formula is C13H19NO4. The molecule has 1 rings (SSSR count). The average molecular weight is 253 g/mol. The van der Waals surface area contributed by atoms with Crippen LogP contribution in [0.2, 0.25) is 0 Å². The van der Waals surface area contributed by atoms with Gasteiger partial charge >= 0.3 is 12.1 Å². The molecule has 0 spiro atoms. The molecular weight excluding hydrogens is 234 g/mol. The molecule has 1 atom stereocenters. The maximum Gasteiger partial charge on any atom is 0.412 e. The van der Waals surface area contributed by atoms with Gasteiger partial charge in [-0.25, -0.2) is 9.59 Å². The molecule has 0 unspecified atom stereocenters. The molecule has 0 aromatic carbocycles. The van der Waals surface area contributed by atoms with Crippen molar-refractivity contribution in [2.75, 3.05) is 6.54 Å². The van der Waals surface area contributed by atoms with E-state index in [1.807, 2.05) is 0 Å². The lowest BCUT2D eigenvalue weighted by molar-refractivity contribution is -0.145. The highest BCUT2D eigenvalue weighted by molar-refractivity contribution is 5.89. The van der Waals surface area contributed by atoms with E-state index in [1.165, 1.54) is 4.90 Å². The van der Waals surface area contributed by atoms with Crippen molar-refractivity contribution in [1.82, 2.24) is 4.90 Å². The summed E-state index contributed by atoms with van der Waals surface area (Å²) < 4.78 is 5.23. The predicted molar refractivity (Wildman–Crippen MR) is 66.0 cm³/mol. The number of carboxylic acids is 1. The summed E-state index contributed by atoms with van der Waals surface area (Å²) in [4.78, 5) is 24.7. The largest absolute Gasteiger partial charge is 0.479 e. The van der Waals surface area contributed by atoms with Crippen LogP contribution >= 0.6 is 0 Å². The highest BCUT2D eigenvalue weighted by atomic mass is 16.6. The van der Waals surface area contributed by atoms with Crippen LogP contribution in [0.5, 0.6) is 0 Å². The molecule has 0 radical (unpaired) electrons. The van der Waals surface area contributed by atoms with Gasteiger partial charge in [0.15, 0.2) is 0 Å². The Kier molecular flexibility index (Phi) is 3.90. The predicted octanol–water partition coefficient (Wildman–Crippen LogP) is 1.86. The normalized spacial score (nSPS) is 23.2. The van der Waals surface area contributed by atoms with Gasteiger partial charge in [-0.1, -0.05) is 5.92 Å². The van der Waals surface area contributed by atoms with Gasteiger partial charge < -0.3 is 9.84 Å². The van der Waals surface area contributed by atoms with E-state index < -0.39 is 23.2 Å². The first-order valence-corrected chi connectivity index (χ1v) is 5.91. The van der Waals surface area contributed by atoms with Gasteiger partial charge in [0.05, 0.1) is 0 Å². The Bertz CT molecular complexity index is 413. The number of amides is 1. The number of rotatable bonds is 1. The first kappa shape index (κ1) is 14.4. The summed E-state index contributed by atoms with van der Waals surface area (Å²) in [6, 6.07) is 0. The highest BCUT2D eigenvalue weighted by Gasteiger charge is 2.50. The lowest BCUT2D eigenvalue weighted by Gasteiger charge is -2.32. The van der Waals surface area contributed by atoms with Crippen LogP contribution in [-0.4, -0.2) is 39.8 Å². The summed E-state index contributed by atoms with van der Waals surface area (Å²) >= 11 is 0. The number of nitrogens with zero attached hydrogens (tertiary/aromatic N) is 1. The van der Waals surface area contributed by atoms with E-state index in [0.29, 0.717) is 19.4 Å². The van der Waals surface area contributed by atoms with E-state index in [1.54, 1.807) is 27.7 Å². The van der Waals surface area contributed by atoms with Gasteiger partial charge in [0.25, 0.3) is 0 Å². The Balaban J connectivity index is 3.02. The number of likely N-dealkylation sites (tertiary alicyclic amines) is 1. The molecule has 1 saturated heterocycles. The molecule has 5 heteroatoms. The maximum atomic E-state index is 12.0. The Hall–Kier alpha value is -1.70. The molecule has 1 heterocycles. The molecule has 0 aromatic rings. The second kappa shape index (κ2) is 4.89. The quantitative estimate of drug-likeness (QED) is 0.724. The molecule has 1 aliphatic rings. The van der Waals surface area contributed by atoms with Crippen molar-refractivity contribution in [2.45, 2.75) is 51.7 Å². The number of hydrogen-bond donors (Lipinski definition) is 1. The SMILES string of the molecule is CC#C[C@]1(C(=O)O)CCCN1C(=O)OC(C)(C)C. The molecule has 0 bridgehead atoms. The van der Waals surface area contributed by atoms with Gasteiger partial charge in [-0.2, -0.15) is 0 Å². The van der Waals surface area contributed by atoms with Crippen molar-refractivity contribution in [3.8, 4) is 11.8 Å². The van der Waals surface area contributed by atoms with Gasteiger partial charge in [-0.15, -0.1) is 5.92 Å². The fourth-order valence-corrected chi connectivity index (χ4v) is 2.00. The molecule has 18 heavy (non-hydrogen) atoms. The number of carbonyl (C=O) groups is 2. The smallest absolute Gasteiger partial charge is 0.412 e. The minimum absolute atomic E-state index is 0.336. The number of aliphatic carboxylic acids is 1. The Morgan fingerprint density at radius 3 is 2.44 bits per heavy atom. The Labute approximate surface area is 107 Å². The van der Waals surface area contributed by atoms with Crippen molar-refractivity contribution in [2.24, 2.45) is 0 Å². The number of ether oxygens (including phenoxy) is 1. The van der Waals surface area contributed by atoms with Crippen LogP contribution in [0.4, 0.5) is 4.79 Å². The molecule has 100 valence electrons. The minimum atomic E-state index is -1.43. The monoisotopic (exact) mass is 253 g/mol. The van der Waals surface area contributed by atoms with Crippen molar-refractivity contribution in [3.63, 3.8) is 0 Å². The standard InChI is InChI=1S/C13H19NO4/c1-5-7-13(10(15)16)8-6-9-14(13)11(17)18-12(2,3)4/h6,8-9H2,1-4H3,(H,15,16)/t13-/m1/s1. The third kappa shape index (κ3) is 2.76. The van der Waals surface area contributed by atoms with Crippen LogP contribution in [0, 0.1) is 11.8 Å². The van der Waals surface area contributed by atoms with E-state index in [-0.39, 0.29) is 0 Å². The summed E-state index contributed by atoms with van der Waals surface area (Å²) in [5.74, 6) is 4.15. The van der Waals surface area contributed by atoms with Gasteiger partial charge in [0.2, 0.25) is 5.54 Å². The lowest BCUT2D eigenvalue weighted by atomic mass is 9.97. The van der Waals surface area contributed by atoms with Crippen molar-refractivity contribution >= 4 is 12.1 Å². The topological polar surface area (TPSA) is 66.8 Å². The summed E-state index contributed by atoms with van der Waals surface area (Å²) in [6.07, 6.45) is 0.327. The third-order valence-electron chi connectivity index (χ3n) is 2.68. The van der Waals surface area contributed by atoms with Crippen LogP contribution < -0.4 is 0 Å². The first-order chi connectivity index (χ1) is 8.23. The molecule has 1 aliphatic heterocycles. The van der Waals surface area contributed by atoms with E-state index in [9.17, 15) is 14.7 Å². The van der Waals surface area contributed by atoms with Gasteiger partial charge in [0, 0.05) is 6.54 Å². The lowest BCUT2D eigenvalue weighted by Crippen LogP contribution is -2.53. The van der Waals surface area contributed by atoms with Crippen LogP contribution in [0.15, 0.2) is 0 Å². The molecule has 5 nitrogen and oxygen atoms in total. The van der Waals surface area contributed by atoms with Crippen molar-refractivity contribution < 1.29 is 19.4 Å². The molecule has 0 aromatic heterocycles. The molecule has 1 amide bonds. The van der Waals surface area contributed by atoms with Crippen LogP contribution in [0.1, 0.15) is 40.5 Å². The Morgan fingerprint density at radius 1 is 1.39 bits per heavy atom. The average Bonchev–Trinajstić information content (AvgIpc) is 2.60. The third-order valence-corrected chi connectivity index (χ3v) is 2.68. The fourth-order valence-electron chi connectivity index (χ4n) is 2.00. The Morgan fingerprint density at radius 2 is 2.00 bits per heavy atom. The first-order valence-electron chi connectivity index (χ1n) is 5.91. The van der Waals surface area contributed by atoms with E-state index in [2.05, 4.69) is 11.8 Å². The van der Waals surface area contributed by atoms with Gasteiger partial charge in [0.1, 0.15) is 5.60 Å². The number of carbonyl (C=O) groups excluding carboxylic acids is 1. The zero-order valence-electron chi connectivity index (χ0n) is 11.2. The maximum absolute atomic E-state index is 12.0. The molecule has 0 aliphatic carbocycles. The summed E-state index contributed by atoms with van der Waals surface area (Å²) in [5, 5.41) is 9.36. The van der Waals surface area contributed by atoms with Crippen molar-refractivity contribution in [1.29, 1.82) is 0 Å². The van der Waals surface area contributed by atoms with E-state index >= 15 is 0 Å². The summed E-state index contributed by atoms with van der Waals surface area (Å²) in [5.41, 5.74) is -2.08. The highest BCUT2D eigenvalue weighted by Crippen LogP contribution is 2.30. The van der Waals surface area contributed by atoms with Gasteiger partial charge in [-0.3, -0.25) is 4.90 Å². The second-order valence-corrected chi connectivity index (χ2v) is 5.28. The zero-order valence-corrected chi connectivity index (χ0v) is 11.2. The van der Waals surface area contributed by atoms with E-state index in [4.69, 9.17) is 4.74 Å².